The molecule has 150 valence electrons. The Bertz CT molecular complexity index is 1070. The zero-order chi connectivity index (χ0) is 21.0. The van der Waals surface area contributed by atoms with E-state index in [1.54, 1.807) is 36.4 Å². The zero-order valence-corrected chi connectivity index (χ0v) is 17.2. The molecule has 0 saturated heterocycles. The van der Waals surface area contributed by atoms with Gasteiger partial charge in [-0.1, -0.05) is 30.3 Å². The van der Waals surface area contributed by atoms with Crippen molar-refractivity contribution >= 4 is 44.9 Å². The van der Waals surface area contributed by atoms with Gasteiger partial charge in [-0.25, -0.2) is 14.0 Å². The van der Waals surface area contributed by atoms with Crippen LogP contribution in [0.3, 0.4) is 0 Å². The molecule has 0 aliphatic carbocycles. The van der Waals surface area contributed by atoms with E-state index in [4.69, 9.17) is 9.84 Å². The molecule has 1 heterocycles. The minimum absolute atomic E-state index is 0.0235. The fourth-order valence-corrected chi connectivity index (χ4v) is 4.48. The Kier molecular flexibility index (Phi) is 6.50. The number of thiophene rings is 1. The number of rotatable bonds is 8. The van der Waals surface area contributed by atoms with Crippen LogP contribution in [0.15, 0.2) is 53.0 Å². The molecule has 6 nitrogen and oxygen atoms in total. The van der Waals surface area contributed by atoms with Crippen molar-refractivity contribution in [3.63, 3.8) is 0 Å². The van der Waals surface area contributed by atoms with Crippen LogP contribution in [0.4, 0.5) is 10.1 Å². The maximum absolute atomic E-state index is 13.8. The number of aromatic carboxylic acids is 1. The highest BCUT2D eigenvalue weighted by Gasteiger charge is 2.24. The fourth-order valence-electron chi connectivity index (χ4n) is 2.59. The number of carboxylic acid groups (broad SMARTS) is 2. The fraction of sp³-hybridized carbons (Fsp3) is 0.100. The number of ether oxygens (including phenoxy) is 1. The average Bonchev–Trinajstić information content (AvgIpc) is 3.02. The third-order valence-electron chi connectivity index (χ3n) is 3.91. The maximum Gasteiger partial charge on any atom is 0.349 e. The molecule has 9 heteroatoms. The van der Waals surface area contributed by atoms with E-state index in [0.29, 0.717) is 20.5 Å². The molecule has 0 atom stereocenters. The summed E-state index contributed by atoms with van der Waals surface area (Å²) in [5.74, 6) is -2.75. The van der Waals surface area contributed by atoms with Crippen LogP contribution >= 0.6 is 27.3 Å². The molecule has 2 aromatic carbocycles. The van der Waals surface area contributed by atoms with Crippen molar-refractivity contribution in [2.75, 3.05) is 11.9 Å². The van der Waals surface area contributed by atoms with Gasteiger partial charge in [-0.2, -0.15) is 0 Å². The Balaban J connectivity index is 1.88. The molecule has 3 N–H and O–H groups in total. The van der Waals surface area contributed by atoms with E-state index in [1.165, 1.54) is 6.07 Å². The molecular formula is C20H15BrFNO5S. The van der Waals surface area contributed by atoms with Gasteiger partial charge in [0.2, 0.25) is 0 Å². The Morgan fingerprint density at radius 1 is 1.14 bits per heavy atom. The number of nitrogens with one attached hydrogen (secondary N) is 1. The Hall–Kier alpha value is -2.91. The third-order valence-corrected chi connectivity index (χ3v) is 6.14. The number of anilines is 1. The van der Waals surface area contributed by atoms with Crippen molar-refractivity contribution in [1.82, 2.24) is 0 Å². The minimum atomic E-state index is -1.21. The van der Waals surface area contributed by atoms with E-state index in [-0.39, 0.29) is 23.0 Å². The van der Waals surface area contributed by atoms with Gasteiger partial charge in [0.15, 0.2) is 17.2 Å². The van der Waals surface area contributed by atoms with Gasteiger partial charge in [0.05, 0.1) is 9.35 Å². The van der Waals surface area contributed by atoms with Crippen LogP contribution in [0, 0.1) is 5.82 Å². The number of carboxylic acids is 2. The van der Waals surface area contributed by atoms with Crippen LogP contribution in [-0.2, 0) is 11.3 Å². The smallest absolute Gasteiger partial charge is 0.349 e. The van der Waals surface area contributed by atoms with Crippen LogP contribution in [0.2, 0.25) is 0 Å². The largest absolute Gasteiger partial charge is 0.479 e. The Morgan fingerprint density at radius 3 is 2.59 bits per heavy atom. The second-order valence-electron chi connectivity index (χ2n) is 5.92. The number of hydrogen-bond donors (Lipinski definition) is 3. The second-order valence-corrected chi connectivity index (χ2v) is 7.73. The van der Waals surface area contributed by atoms with Gasteiger partial charge in [-0.05, 0) is 39.7 Å². The predicted molar refractivity (Wildman–Crippen MR) is 111 cm³/mol. The van der Waals surface area contributed by atoms with Crippen molar-refractivity contribution in [3.8, 4) is 16.2 Å². The SMILES string of the molecule is O=C(O)COc1c(C(=O)O)sc(-c2cccc(NCc3ccccc3F)c2)c1Br. The van der Waals surface area contributed by atoms with Gasteiger partial charge in [-0.15, -0.1) is 11.3 Å². The molecule has 0 saturated carbocycles. The highest BCUT2D eigenvalue weighted by molar-refractivity contribution is 9.10. The molecule has 0 bridgehead atoms. The number of aliphatic carboxylic acids is 1. The van der Waals surface area contributed by atoms with Crippen molar-refractivity contribution in [1.29, 1.82) is 0 Å². The van der Waals surface area contributed by atoms with E-state index in [0.717, 1.165) is 17.0 Å². The van der Waals surface area contributed by atoms with Gasteiger partial charge in [0, 0.05) is 17.8 Å². The third kappa shape index (κ3) is 4.93. The molecule has 3 aromatic rings. The standard InChI is InChI=1S/C20H15BrFNO5S/c21-16-17(28-10-15(24)25)19(20(26)27)29-18(16)11-5-3-6-13(8-11)23-9-12-4-1-2-7-14(12)22/h1-8,23H,9-10H2,(H,24,25)(H,26,27). The second kappa shape index (κ2) is 9.06. The molecule has 0 spiro atoms. The highest BCUT2D eigenvalue weighted by Crippen LogP contribution is 2.46. The summed E-state index contributed by atoms with van der Waals surface area (Å²) in [6.45, 7) is -0.367. The highest BCUT2D eigenvalue weighted by atomic mass is 79.9. The number of carbonyl (C=O) groups is 2. The van der Waals surface area contributed by atoms with Gasteiger partial charge in [-0.3, -0.25) is 0 Å². The van der Waals surface area contributed by atoms with Crippen LogP contribution < -0.4 is 10.1 Å². The summed E-state index contributed by atoms with van der Waals surface area (Å²) in [6, 6.07) is 13.6. The monoisotopic (exact) mass is 479 g/mol. The lowest BCUT2D eigenvalue weighted by Gasteiger charge is -2.09. The van der Waals surface area contributed by atoms with Gasteiger partial charge >= 0.3 is 11.9 Å². The number of benzene rings is 2. The van der Waals surface area contributed by atoms with E-state index < -0.39 is 18.5 Å². The topological polar surface area (TPSA) is 95.9 Å². The van der Waals surface area contributed by atoms with Gasteiger partial charge in [0.1, 0.15) is 5.82 Å². The lowest BCUT2D eigenvalue weighted by atomic mass is 10.1. The molecule has 3 rings (SSSR count). The molecule has 0 fully saturated rings. The molecule has 0 radical (unpaired) electrons. The van der Waals surface area contributed by atoms with E-state index in [1.807, 2.05) is 6.07 Å². The minimum Gasteiger partial charge on any atom is -0.479 e. The van der Waals surface area contributed by atoms with E-state index >= 15 is 0 Å². The summed E-state index contributed by atoms with van der Waals surface area (Å²) in [4.78, 5) is 22.8. The molecule has 0 aliphatic heterocycles. The van der Waals surface area contributed by atoms with Crippen LogP contribution in [0.25, 0.3) is 10.4 Å². The van der Waals surface area contributed by atoms with Crippen molar-refractivity contribution < 1.29 is 28.9 Å². The van der Waals surface area contributed by atoms with Crippen LogP contribution in [-0.4, -0.2) is 28.8 Å². The van der Waals surface area contributed by atoms with Gasteiger partial charge in [0.25, 0.3) is 0 Å². The summed E-state index contributed by atoms with van der Waals surface area (Å²) >= 11 is 4.30. The van der Waals surface area contributed by atoms with Crippen LogP contribution in [0.5, 0.6) is 5.75 Å². The summed E-state index contributed by atoms with van der Waals surface area (Å²) < 4.78 is 19.3. The molecule has 1 aromatic heterocycles. The Labute approximate surface area is 177 Å². The first kappa shape index (κ1) is 20.8. The summed E-state index contributed by atoms with van der Waals surface area (Å²) in [6.07, 6.45) is 0. The first-order valence-electron chi connectivity index (χ1n) is 8.34. The number of hydrogen-bond acceptors (Lipinski definition) is 5. The lowest BCUT2D eigenvalue weighted by molar-refractivity contribution is -0.139. The first-order valence-corrected chi connectivity index (χ1v) is 9.95. The normalized spacial score (nSPS) is 10.6. The maximum atomic E-state index is 13.8. The summed E-state index contributed by atoms with van der Waals surface area (Å²) in [7, 11) is 0. The lowest BCUT2D eigenvalue weighted by Crippen LogP contribution is -2.11. The van der Waals surface area contributed by atoms with Crippen LogP contribution in [0.1, 0.15) is 15.2 Å². The Morgan fingerprint density at radius 2 is 1.90 bits per heavy atom. The van der Waals surface area contributed by atoms with Crippen molar-refractivity contribution in [2.24, 2.45) is 0 Å². The molecule has 0 aliphatic rings. The molecule has 0 amide bonds. The molecular weight excluding hydrogens is 465 g/mol. The van der Waals surface area contributed by atoms with Crippen molar-refractivity contribution in [2.45, 2.75) is 6.54 Å². The van der Waals surface area contributed by atoms with Gasteiger partial charge < -0.3 is 20.3 Å². The first-order chi connectivity index (χ1) is 13.9. The number of halogens is 2. The van der Waals surface area contributed by atoms with E-state index in [2.05, 4.69) is 21.2 Å². The summed E-state index contributed by atoms with van der Waals surface area (Å²) in [5, 5.41) is 21.4. The quantitative estimate of drug-likeness (QED) is 0.416. The summed E-state index contributed by atoms with van der Waals surface area (Å²) in [5.41, 5.74) is 1.94. The predicted octanol–water partition coefficient (Wildman–Crippen LogP) is 5.09. The van der Waals surface area contributed by atoms with Crippen molar-refractivity contribution in [3.05, 3.63) is 69.3 Å². The zero-order valence-electron chi connectivity index (χ0n) is 14.8. The van der Waals surface area contributed by atoms with E-state index in [9.17, 15) is 19.1 Å². The molecule has 29 heavy (non-hydrogen) atoms. The average molecular weight is 480 g/mol. The molecule has 0 unspecified atom stereocenters.